The van der Waals surface area contributed by atoms with E-state index in [0.29, 0.717) is 0 Å². The van der Waals surface area contributed by atoms with Gasteiger partial charge in [0.05, 0.1) is 0 Å². The summed E-state index contributed by atoms with van der Waals surface area (Å²) in [5.74, 6) is 0. The highest BCUT2D eigenvalue weighted by Gasteiger charge is 2.02. The van der Waals surface area contributed by atoms with Crippen molar-refractivity contribution in [3.8, 4) is 0 Å². The minimum absolute atomic E-state index is 0.287. The molecule has 1 nitrogen and oxygen atoms in total. The van der Waals surface area contributed by atoms with Crippen molar-refractivity contribution in [1.29, 1.82) is 0 Å². The normalized spacial score (nSPS) is 13.3. The second-order valence-electron chi connectivity index (χ2n) is 4.99. The third-order valence-corrected chi connectivity index (χ3v) is 3.17. The van der Waals surface area contributed by atoms with E-state index in [1.165, 1.54) is 11.1 Å². The van der Waals surface area contributed by atoms with Gasteiger partial charge in [-0.25, -0.2) is 0 Å². The molecule has 1 heteroatoms. The summed E-state index contributed by atoms with van der Waals surface area (Å²) in [5, 5.41) is 0. The van der Waals surface area contributed by atoms with E-state index < -0.39 is 0 Å². The largest absolute Gasteiger partial charge is 0.300 e. The van der Waals surface area contributed by atoms with Crippen LogP contribution in [-0.2, 0) is 0 Å². The Morgan fingerprint density at radius 2 is 1.10 bits per heavy atom. The Morgan fingerprint density at radius 3 is 1.45 bits per heavy atom. The number of benzene rings is 2. The van der Waals surface area contributed by atoms with Crippen LogP contribution in [0.2, 0.25) is 0 Å². The molecular formula is C19H21N. The van der Waals surface area contributed by atoms with Crippen LogP contribution < -0.4 is 0 Å². The maximum absolute atomic E-state index is 2.22. The van der Waals surface area contributed by atoms with E-state index in [4.69, 9.17) is 0 Å². The molecule has 2 rings (SSSR count). The third kappa shape index (κ3) is 4.52. The molecule has 0 bridgehead atoms. The lowest BCUT2D eigenvalue weighted by atomic mass is 10.1. The van der Waals surface area contributed by atoms with E-state index >= 15 is 0 Å². The van der Waals surface area contributed by atoms with E-state index in [1.54, 1.807) is 0 Å². The minimum atomic E-state index is 0.287. The van der Waals surface area contributed by atoms with Crippen molar-refractivity contribution >= 4 is 12.2 Å². The van der Waals surface area contributed by atoms with Crippen LogP contribution in [0.5, 0.6) is 0 Å². The van der Waals surface area contributed by atoms with E-state index in [0.717, 1.165) is 0 Å². The van der Waals surface area contributed by atoms with Gasteiger partial charge < -0.3 is 0 Å². The molecule has 102 valence electrons. The molecular weight excluding hydrogens is 242 g/mol. The summed E-state index contributed by atoms with van der Waals surface area (Å²) in [4.78, 5) is 2.19. The van der Waals surface area contributed by atoms with Crippen LogP contribution in [0.3, 0.4) is 0 Å². The van der Waals surface area contributed by atoms with Crippen LogP contribution in [0.15, 0.2) is 72.8 Å². The minimum Gasteiger partial charge on any atom is -0.300 e. The average Bonchev–Trinajstić information content (AvgIpc) is 2.49. The predicted octanol–water partition coefficient (Wildman–Crippen LogP) is 4.34. The fraction of sp³-hybridized carbons (Fsp3) is 0.158. The lowest BCUT2D eigenvalue weighted by Gasteiger charge is -2.17. The molecule has 0 aromatic heterocycles. The standard InChI is InChI=1S/C19H21N/c1-20(2)19(15-13-17-9-5-3-6-10-17)16-14-18-11-7-4-8-12-18/h3-16,19H,1-2H3. The molecule has 0 aliphatic heterocycles. The van der Waals surface area contributed by atoms with Crippen LogP contribution >= 0.6 is 0 Å². The smallest absolute Gasteiger partial charge is 0.0462 e. The SMILES string of the molecule is CN(C)C(C=Cc1ccccc1)C=Cc1ccccc1. The van der Waals surface area contributed by atoms with E-state index in [1.807, 2.05) is 12.1 Å². The molecule has 0 amide bonds. The van der Waals surface area contributed by atoms with Crippen molar-refractivity contribution in [1.82, 2.24) is 4.90 Å². The van der Waals surface area contributed by atoms with Gasteiger partial charge in [0.25, 0.3) is 0 Å². The summed E-state index contributed by atoms with van der Waals surface area (Å²) >= 11 is 0. The van der Waals surface area contributed by atoms with Crippen molar-refractivity contribution in [2.75, 3.05) is 14.1 Å². The van der Waals surface area contributed by atoms with Gasteiger partial charge >= 0.3 is 0 Å². The second kappa shape index (κ2) is 7.46. The van der Waals surface area contributed by atoms with E-state index in [2.05, 4.69) is 91.8 Å². The Hall–Kier alpha value is -2.12. The molecule has 0 atom stereocenters. The molecule has 0 aliphatic rings. The van der Waals surface area contributed by atoms with Gasteiger partial charge in [0.1, 0.15) is 0 Å². The lowest BCUT2D eigenvalue weighted by Crippen LogP contribution is -2.23. The number of rotatable bonds is 5. The Bertz CT molecular complexity index is 503. The highest BCUT2D eigenvalue weighted by Crippen LogP contribution is 2.08. The Morgan fingerprint density at radius 1 is 0.700 bits per heavy atom. The second-order valence-corrected chi connectivity index (χ2v) is 4.99. The zero-order chi connectivity index (χ0) is 14.2. The van der Waals surface area contributed by atoms with Crippen LogP contribution in [-0.4, -0.2) is 25.0 Å². The van der Waals surface area contributed by atoms with Crippen LogP contribution in [0.1, 0.15) is 11.1 Å². The predicted molar refractivity (Wildman–Crippen MR) is 88.4 cm³/mol. The Labute approximate surface area is 121 Å². The van der Waals surface area contributed by atoms with Gasteiger partial charge in [-0.3, -0.25) is 4.90 Å². The first-order valence-corrected chi connectivity index (χ1v) is 6.88. The molecule has 2 aromatic carbocycles. The molecule has 0 saturated heterocycles. The number of nitrogens with zero attached hydrogens (tertiary/aromatic N) is 1. The van der Waals surface area contributed by atoms with Crippen molar-refractivity contribution < 1.29 is 0 Å². The summed E-state index contributed by atoms with van der Waals surface area (Å²) in [6, 6.07) is 21.1. The van der Waals surface area contributed by atoms with Gasteiger partial charge in [-0.2, -0.15) is 0 Å². The summed E-state index contributed by atoms with van der Waals surface area (Å²) in [6.45, 7) is 0. The first-order chi connectivity index (χ1) is 9.75. The van der Waals surface area contributed by atoms with Crippen LogP contribution in [0.25, 0.3) is 12.2 Å². The number of likely N-dealkylation sites (N-methyl/N-ethyl adjacent to an activating group) is 1. The zero-order valence-electron chi connectivity index (χ0n) is 12.1. The van der Waals surface area contributed by atoms with Gasteiger partial charge in [0.2, 0.25) is 0 Å². The molecule has 0 saturated carbocycles. The monoisotopic (exact) mass is 263 g/mol. The zero-order valence-corrected chi connectivity index (χ0v) is 12.1. The molecule has 0 spiro atoms. The Balaban J connectivity index is 2.08. The fourth-order valence-corrected chi connectivity index (χ4v) is 1.96. The maximum atomic E-state index is 2.22. The first-order valence-electron chi connectivity index (χ1n) is 6.88. The molecule has 0 fully saturated rings. The van der Waals surface area contributed by atoms with Crippen molar-refractivity contribution in [2.45, 2.75) is 6.04 Å². The lowest BCUT2D eigenvalue weighted by molar-refractivity contribution is 0.393. The number of hydrogen-bond donors (Lipinski definition) is 0. The molecule has 20 heavy (non-hydrogen) atoms. The van der Waals surface area contributed by atoms with Gasteiger partial charge in [0, 0.05) is 6.04 Å². The van der Waals surface area contributed by atoms with Gasteiger partial charge in [-0.15, -0.1) is 0 Å². The first kappa shape index (κ1) is 14.3. The summed E-state index contributed by atoms with van der Waals surface area (Å²) < 4.78 is 0. The van der Waals surface area contributed by atoms with Gasteiger partial charge in [-0.1, -0.05) is 85.0 Å². The van der Waals surface area contributed by atoms with Crippen molar-refractivity contribution in [3.63, 3.8) is 0 Å². The van der Waals surface area contributed by atoms with Crippen molar-refractivity contribution in [3.05, 3.63) is 83.9 Å². The van der Waals surface area contributed by atoms with Crippen molar-refractivity contribution in [2.24, 2.45) is 0 Å². The molecule has 0 N–H and O–H groups in total. The summed E-state index contributed by atoms with van der Waals surface area (Å²) in [7, 11) is 4.19. The summed E-state index contributed by atoms with van der Waals surface area (Å²) in [6.07, 6.45) is 8.77. The Kier molecular flexibility index (Phi) is 5.33. The molecule has 0 unspecified atom stereocenters. The molecule has 0 heterocycles. The topological polar surface area (TPSA) is 3.24 Å². The van der Waals surface area contributed by atoms with Crippen LogP contribution in [0, 0.1) is 0 Å². The third-order valence-electron chi connectivity index (χ3n) is 3.17. The molecule has 0 radical (unpaired) electrons. The highest BCUT2D eigenvalue weighted by molar-refractivity contribution is 5.53. The van der Waals surface area contributed by atoms with Gasteiger partial charge in [0.15, 0.2) is 0 Å². The molecule has 0 aliphatic carbocycles. The fourth-order valence-electron chi connectivity index (χ4n) is 1.96. The highest BCUT2D eigenvalue weighted by atomic mass is 15.1. The summed E-state index contributed by atoms with van der Waals surface area (Å²) in [5.41, 5.74) is 2.46. The number of hydrogen-bond acceptors (Lipinski definition) is 1. The van der Waals surface area contributed by atoms with E-state index in [-0.39, 0.29) is 6.04 Å². The maximum Gasteiger partial charge on any atom is 0.0462 e. The molecule has 2 aromatic rings. The quantitative estimate of drug-likeness (QED) is 0.775. The van der Waals surface area contributed by atoms with E-state index in [9.17, 15) is 0 Å². The average molecular weight is 263 g/mol. The van der Waals surface area contributed by atoms with Crippen LogP contribution in [0.4, 0.5) is 0 Å². The van der Waals surface area contributed by atoms with Gasteiger partial charge in [-0.05, 0) is 25.2 Å².